The van der Waals surface area contributed by atoms with Gasteiger partial charge in [-0.05, 0) is 41.8 Å². The first-order valence-corrected chi connectivity index (χ1v) is 10.4. The number of rotatable bonds is 7. The number of benzene rings is 3. The largest absolute Gasteiger partial charge is 0.455 e. The van der Waals surface area contributed by atoms with Gasteiger partial charge in [-0.1, -0.05) is 66.7 Å². The van der Waals surface area contributed by atoms with Crippen LogP contribution in [0.2, 0.25) is 0 Å². The molecule has 1 aromatic heterocycles. The summed E-state index contributed by atoms with van der Waals surface area (Å²) in [6.07, 6.45) is 1.26. The van der Waals surface area contributed by atoms with Crippen LogP contribution in [0.15, 0.2) is 101 Å². The number of carbonyl (C=O) groups excluding carboxylic acids is 1. The summed E-state index contributed by atoms with van der Waals surface area (Å²) in [5.41, 5.74) is 2.21. The second-order valence-corrected chi connectivity index (χ2v) is 7.62. The van der Waals surface area contributed by atoms with E-state index in [0.717, 1.165) is 5.56 Å². The molecule has 0 aliphatic carbocycles. The van der Waals surface area contributed by atoms with Crippen LogP contribution in [-0.4, -0.2) is 22.2 Å². The molecule has 0 aliphatic rings. The molecular formula is C26H21N3O5. The van der Waals surface area contributed by atoms with Gasteiger partial charge in [-0.25, -0.2) is 5.43 Å². The summed E-state index contributed by atoms with van der Waals surface area (Å²) in [7, 11) is 0. The first-order chi connectivity index (χ1) is 16.4. The fraction of sp³-hybridized carbons (Fsp3) is 0.0769. The van der Waals surface area contributed by atoms with Gasteiger partial charge < -0.3 is 9.52 Å². The molecule has 1 heterocycles. The van der Waals surface area contributed by atoms with E-state index in [4.69, 9.17) is 4.42 Å². The lowest BCUT2D eigenvalue weighted by molar-refractivity contribution is -0.384. The van der Waals surface area contributed by atoms with Crippen molar-refractivity contribution in [2.75, 3.05) is 0 Å². The number of nitrogens with zero attached hydrogens (tertiary/aromatic N) is 2. The third kappa shape index (κ3) is 4.48. The number of nitrogens with one attached hydrogen (secondary N) is 1. The fourth-order valence-electron chi connectivity index (χ4n) is 3.59. The molecule has 8 nitrogen and oxygen atoms in total. The minimum Gasteiger partial charge on any atom is -0.455 e. The van der Waals surface area contributed by atoms with Crippen LogP contribution in [0, 0.1) is 17.0 Å². The molecule has 0 aliphatic heterocycles. The van der Waals surface area contributed by atoms with E-state index in [1.807, 2.05) is 0 Å². The highest BCUT2D eigenvalue weighted by molar-refractivity contribution is 5.91. The number of hydrazone groups is 1. The highest BCUT2D eigenvalue weighted by Gasteiger charge is 2.39. The lowest BCUT2D eigenvalue weighted by Crippen LogP contribution is -2.43. The highest BCUT2D eigenvalue weighted by atomic mass is 16.6. The van der Waals surface area contributed by atoms with Gasteiger partial charge in [-0.3, -0.25) is 14.9 Å². The number of carbonyl (C=O) groups is 1. The van der Waals surface area contributed by atoms with Crippen molar-refractivity contribution in [3.05, 3.63) is 124 Å². The van der Waals surface area contributed by atoms with Crippen molar-refractivity contribution in [3.8, 4) is 11.3 Å². The Morgan fingerprint density at radius 2 is 1.62 bits per heavy atom. The molecule has 1 amide bonds. The zero-order valence-corrected chi connectivity index (χ0v) is 18.2. The Labute approximate surface area is 195 Å². The summed E-state index contributed by atoms with van der Waals surface area (Å²) in [5.74, 6) is -0.181. The van der Waals surface area contributed by atoms with Crippen LogP contribution in [0.4, 0.5) is 5.69 Å². The number of aliphatic hydroxyl groups is 1. The molecule has 4 aromatic rings. The van der Waals surface area contributed by atoms with Gasteiger partial charge in [0.05, 0.1) is 16.7 Å². The molecule has 0 unspecified atom stereocenters. The molecular weight excluding hydrogens is 434 g/mol. The number of aryl methyl sites for hydroxylation is 1. The number of hydrogen-bond acceptors (Lipinski definition) is 6. The Hall–Kier alpha value is -4.56. The van der Waals surface area contributed by atoms with E-state index in [-0.39, 0.29) is 11.4 Å². The van der Waals surface area contributed by atoms with E-state index >= 15 is 0 Å². The van der Waals surface area contributed by atoms with E-state index in [1.54, 1.807) is 91.9 Å². The van der Waals surface area contributed by atoms with E-state index in [1.165, 1.54) is 12.3 Å². The normalized spacial score (nSPS) is 11.5. The minimum absolute atomic E-state index is 0.0677. The zero-order valence-electron chi connectivity index (χ0n) is 18.2. The van der Waals surface area contributed by atoms with Gasteiger partial charge in [0.15, 0.2) is 5.60 Å². The molecule has 4 rings (SSSR count). The van der Waals surface area contributed by atoms with Gasteiger partial charge in [0.25, 0.3) is 11.6 Å². The van der Waals surface area contributed by atoms with E-state index in [0.29, 0.717) is 22.5 Å². The summed E-state index contributed by atoms with van der Waals surface area (Å²) < 4.78 is 5.67. The average Bonchev–Trinajstić information content (AvgIpc) is 3.33. The molecule has 8 heteroatoms. The molecule has 0 saturated heterocycles. The molecule has 34 heavy (non-hydrogen) atoms. The van der Waals surface area contributed by atoms with Crippen LogP contribution in [0.1, 0.15) is 22.5 Å². The highest BCUT2D eigenvalue weighted by Crippen LogP contribution is 2.32. The zero-order chi connectivity index (χ0) is 24.1. The Balaban J connectivity index is 1.56. The minimum atomic E-state index is -1.96. The maximum atomic E-state index is 13.1. The summed E-state index contributed by atoms with van der Waals surface area (Å²) in [5, 5.41) is 26.7. The first kappa shape index (κ1) is 22.6. The van der Waals surface area contributed by atoms with Crippen molar-refractivity contribution in [1.82, 2.24) is 5.43 Å². The van der Waals surface area contributed by atoms with Crippen LogP contribution in [0.25, 0.3) is 11.3 Å². The fourth-order valence-corrected chi connectivity index (χ4v) is 3.59. The second-order valence-electron chi connectivity index (χ2n) is 7.62. The average molecular weight is 455 g/mol. The van der Waals surface area contributed by atoms with E-state index in [9.17, 15) is 20.0 Å². The van der Waals surface area contributed by atoms with E-state index < -0.39 is 16.4 Å². The van der Waals surface area contributed by atoms with Crippen LogP contribution in [-0.2, 0) is 10.4 Å². The monoisotopic (exact) mass is 455 g/mol. The van der Waals surface area contributed by atoms with Crippen molar-refractivity contribution in [1.29, 1.82) is 0 Å². The summed E-state index contributed by atoms with van der Waals surface area (Å²) in [4.78, 5) is 24.0. The number of nitro benzene ring substituents is 1. The third-order valence-electron chi connectivity index (χ3n) is 5.31. The van der Waals surface area contributed by atoms with Crippen molar-refractivity contribution < 1.29 is 19.2 Å². The van der Waals surface area contributed by atoms with Crippen molar-refractivity contribution >= 4 is 17.8 Å². The maximum Gasteiger partial charge on any atom is 0.281 e. The van der Waals surface area contributed by atoms with Crippen LogP contribution >= 0.6 is 0 Å². The number of amides is 1. The lowest BCUT2D eigenvalue weighted by Gasteiger charge is -2.26. The molecule has 0 atom stereocenters. The molecule has 0 bridgehead atoms. The Morgan fingerprint density at radius 1 is 1.00 bits per heavy atom. The van der Waals surface area contributed by atoms with Crippen LogP contribution in [0.5, 0.6) is 0 Å². The predicted molar refractivity (Wildman–Crippen MR) is 127 cm³/mol. The summed E-state index contributed by atoms with van der Waals surface area (Å²) in [6, 6.07) is 25.1. The SMILES string of the molecule is Cc1ccc(-c2ccc(/C=N\NC(=O)C(O)(c3ccccc3)c3ccccc3)o2)c([N+](=O)[O-])c1. The Bertz CT molecular complexity index is 1310. The number of hydrogen-bond donors (Lipinski definition) is 2. The van der Waals surface area contributed by atoms with Gasteiger partial charge in [0.2, 0.25) is 0 Å². The maximum absolute atomic E-state index is 13.1. The molecule has 3 aromatic carbocycles. The molecule has 2 N–H and O–H groups in total. The van der Waals surface area contributed by atoms with Crippen molar-refractivity contribution in [2.45, 2.75) is 12.5 Å². The van der Waals surface area contributed by atoms with Gasteiger partial charge in [-0.15, -0.1) is 0 Å². The predicted octanol–water partition coefficient (Wildman–Crippen LogP) is 4.55. The van der Waals surface area contributed by atoms with E-state index in [2.05, 4.69) is 10.5 Å². The van der Waals surface area contributed by atoms with Crippen LogP contribution < -0.4 is 5.43 Å². The van der Waals surface area contributed by atoms with Crippen molar-refractivity contribution in [2.24, 2.45) is 5.10 Å². The number of furan rings is 1. The Kier molecular flexibility index (Phi) is 6.33. The first-order valence-electron chi connectivity index (χ1n) is 10.4. The second kappa shape index (κ2) is 9.51. The van der Waals surface area contributed by atoms with Crippen molar-refractivity contribution in [3.63, 3.8) is 0 Å². The standard InChI is InChI=1S/C26H21N3O5/c1-18-12-14-22(23(16-18)29(32)33)24-15-13-21(34-24)17-27-28-25(30)26(31,19-8-4-2-5-9-19)20-10-6-3-7-11-20/h2-17,31H,1H3,(H,28,30)/b27-17-. The molecule has 0 fully saturated rings. The summed E-state index contributed by atoms with van der Waals surface area (Å²) in [6.45, 7) is 1.77. The number of nitro groups is 1. The molecule has 170 valence electrons. The lowest BCUT2D eigenvalue weighted by atomic mass is 9.85. The van der Waals surface area contributed by atoms with Gasteiger partial charge >= 0.3 is 0 Å². The molecule has 0 spiro atoms. The van der Waals surface area contributed by atoms with Crippen LogP contribution in [0.3, 0.4) is 0 Å². The topological polar surface area (TPSA) is 118 Å². The summed E-state index contributed by atoms with van der Waals surface area (Å²) >= 11 is 0. The third-order valence-corrected chi connectivity index (χ3v) is 5.31. The quantitative estimate of drug-likeness (QED) is 0.241. The smallest absolute Gasteiger partial charge is 0.281 e. The van der Waals surface area contributed by atoms with Gasteiger partial charge in [0.1, 0.15) is 11.5 Å². The molecule has 0 saturated carbocycles. The van der Waals surface area contributed by atoms with Gasteiger partial charge in [0, 0.05) is 6.07 Å². The molecule has 0 radical (unpaired) electrons. The van der Waals surface area contributed by atoms with Gasteiger partial charge in [-0.2, -0.15) is 5.10 Å². The Morgan fingerprint density at radius 3 is 2.21 bits per heavy atom.